The predicted octanol–water partition coefficient (Wildman–Crippen LogP) is 1.22. The van der Waals surface area contributed by atoms with Crippen LogP contribution in [0.4, 0.5) is 18.0 Å². The van der Waals surface area contributed by atoms with E-state index < -0.39 is 36.1 Å². The van der Waals surface area contributed by atoms with Crippen molar-refractivity contribution in [3.8, 4) is 0 Å². The second-order valence-electron chi connectivity index (χ2n) is 5.04. The van der Waals surface area contributed by atoms with Gasteiger partial charge in [-0.1, -0.05) is 18.2 Å². The van der Waals surface area contributed by atoms with E-state index >= 15 is 0 Å². The molecule has 6 nitrogen and oxygen atoms in total. The lowest BCUT2D eigenvalue weighted by atomic mass is 10.1. The molecule has 4 amide bonds. The predicted molar refractivity (Wildman–Crippen MR) is 73.0 cm³/mol. The Hall–Kier alpha value is -2.58. The van der Waals surface area contributed by atoms with Crippen molar-refractivity contribution in [2.75, 3.05) is 20.1 Å². The highest BCUT2D eigenvalue weighted by Gasteiger charge is 2.34. The molecule has 0 bridgehead atoms. The van der Waals surface area contributed by atoms with Crippen LogP contribution >= 0.6 is 0 Å². The van der Waals surface area contributed by atoms with Gasteiger partial charge in [0, 0.05) is 13.6 Å². The summed E-state index contributed by atoms with van der Waals surface area (Å²) >= 11 is 0. The van der Waals surface area contributed by atoms with Gasteiger partial charge in [-0.25, -0.2) is 4.79 Å². The highest BCUT2D eigenvalue weighted by molar-refractivity contribution is 6.04. The zero-order valence-corrected chi connectivity index (χ0v) is 12.2. The fraction of sp³-hybridized carbons (Fsp3) is 0.357. The van der Waals surface area contributed by atoms with Gasteiger partial charge in [-0.3, -0.25) is 14.5 Å². The number of alkyl halides is 3. The Morgan fingerprint density at radius 3 is 2.52 bits per heavy atom. The minimum atomic E-state index is -4.52. The van der Waals surface area contributed by atoms with Crippen molar-refractivity contribution in [3.63, 3.8) is 0 Å². The van der Waals surface area contributed by atoms with Crippen molar-refractivity contribution in [2.45, 2.75) is 12.7 Å². The second-order valence-corrected chi connectivity index (χ2v) is 5.04. The molecule has 1 aliphatic rings. The van der Waals surface area contributed by atoms with Crippen LogP contribution in [0.3, 0.4) is 0 Å². The number of urea groups is 1. The molecule has 9 heteroatoms. The topological polar surface area (TPSA) is 69.7 Å². The maximum absolute atomic E-state index is 12.9. The molecule has 0 aliphatic carbocycles. The van der Waals surface area contributed by atoms with Gasteiger partial charge in [0.15, 0.2) is 0 Å². The van der Waals surface area contributed by atoms with Gasteiger partial charge in [0.25, 0.3) is 5.91 Å². The molecule has 0 saturated carbocycles. The van der Waals surface area contributed by atoms with Crippen LogP contribution in [0.2, 0.25) is 0 Å². The smallest absolute Gasteiger partial charge is 0.340 e. The average Bonchev–Trinajstić information content (AvgIpc) is 2.78. The van der Waals surface area contributed by atoms with E-state index in [-0.39, 0.29) is 18.7 Å². The average molecular weight is 329 g/mol. The van der Waals surface area contributed by atoms with E-state index in [1.54, 1.807) is 0 Å². The minimum Gasteiger partial charge on any atom is -0.340 e. The van der Waals surface area contributed by atoms with Gasteiger partial charge in [0.1, 0.15) is 6.54 Å². The molecule has 1 aromatic rings. The Bertz CT molecular complexity index is 630. The van der Waals surface area contributed by atoms with Gasteiger partial charge in [-0.15, -0.1) is 0 Å². The summed E-state index contributed by atoms with van der Waals surface area (Å²) in [5, 5.41) is 2.26. The van der Waals surface area contributed by atoms with Gasteiger partial charge in [-0.05, 0) is 11.6 Å². The lowest BCUT2D eigenvalue weighted by Gasteiger charge is -2.22. The minimum absolute atomic E-state index is 0.0620. The molecule has 23 heavy (non-hydrogen) atoms. The third kappa shape index (κ3) is 3.79. The van der Waals surface area contributed by atoms with Crippen LogP contribution in [0.5, 0.6) is 0 Å². The highest BCUT2D eigenvalue weighted by Crippen LogP contribution is 2.32. The molecular formula is C14H14F3N3O3. The quantitative estimate of drug-likeness (QED) is 0.845. The number of hydrogen-bond acceptors (Lipinski definition) is 3. The van der Waals surface area contributed by atoms with Crippen LogP contribution in [0.25, 0.3) is 0 Å². The molecule has 1 aliphatic heterocycles. The van der Waals surface area contributed by atoms with Crippen LogP contribution in [-0.4, -0.2) is 47.8 Å². The molecule has 2 rings (SSSR count). The molecule has 1 N–H and O–H groups in total. The number of nitrogens with one attached hydrogen (secondary N) is 1. The van der Waals surface area contributed by atoms with Crippen molar-refractivity contribution < 1.29 is 27.6 Å². The molecule has 1 aromatic carbocycles. The second kappa shape index (κ2) is 6.27. The summed E-state index contributed by atoms with van der Waals surface area (Å²) in [6, 6.07) is 4.24. The number of nitrogens with zero attached hydrogens (tertiary/aromatic N) is 2. The number of halogens is 3. The summed E-state index contributed by atoms with van der Waals surface area (Å²) < 4.78 is 38.8. The maximum Gasteiger partial charge on any atom is 0.416 e. The molecule has 0 unspecified atom stereocenters. The number of amides is 4. The maximum atomic E-state index is 12.9. The zero-order chi connectivity index (χ0) is 17.2. The molecule has 0 aromatic heterocycles. The largest absolute Gasteiger partial charge is 0.416 e. The summed E-state index contributed by atoms with van der Waals surface area (Å²) in [6.07, 6.45) is -4.52. The van der Waals surface area contributed by atoms with Gasteiger partial charge < -0.3 is 10.2 Å². The van der Waals surface area contributed by atoms with E-state index in [2.05, 4.69) is 5.32 Å². The first kappa shape index (κ1) is 16.8. The summed E-state index contributed by atoms with van der Waals surface area (Å²) in [7, 11) is 1.31. The summed E-state index contributed by atoms with van der Waals surface area (Å²) in [5.74, 6) is -1.18. The summed E-state index contributed by atoms with van der Waals surface area (Å²) in [4.78, 5) is 36.6. The lowest BCUT2D eigenvalue weighted by Crippen LogP contribution is -2.41. The standard InChI is InChI=1S/C14H14F3N3O3/c1-19(12(22)8-20-11(21)6-18-13(20)23)7-9-4-2-3-5-10(9)14(15,16)17/h2-5H,6-8H2,1H3,(H,18,23). The van der Waals surface area contributed by atoms with E-state index in [0.717, 1.165) is 15.9 Å². The van der Waals surface area contributed by atoms with Crippen LogP contribution in [0.15, 0.2) is 24.3 Å². The van der Waals surface area contributed by atoms with Crippen molar-refractivity contribution in [2.24, 2.45) is 0 Å². The first-order valence-corrected chi connectivity index (χ1v) is 6.67. The Balaban J connectivity index is 2.07. The highest BCUT2D eigenvalue weighted by atomic mass is 19.4. The molecular weight excluding hydrogens is 315 g/mol. The number of hydrogen-bond donors (Lipinski definition) is 1. The molecule has 0 radical (unpaired) electrons. The van der Waals surface area contributed by atoms with Crippen molar-refractivity contribution in [1.29, 1.82) is 0 Å². The van der Waals surface area contributed by atoms with Gasteiger partial charge in [0.2, 0.25) is 5.91 Å². The monoisotopic (exact) mass is 329 g/mol. The molecule has 0 atom stereocenters. The number of benzene rings is 1. The van der Waals surface area contributed by atoms with E-state index in [4.69, 9.17) is 0 Å². The Labute approximate surface area is 129 Å². The van der Waals surface area contributed by atoms with E-state index in [0.29, 0.717) is 0 Å². The number of carbonyl (C=O) groups excluding carboxylic acids is 3. The molecule has 1 saturated heterocycles. The van der Waals surface area contributed by atoms with Crippen molar-refractivity contribution >= 4 is 17.8 Å². The van der Waals surface area contributed by atoms with Gasteiger partial charge in [0.05, 0.1) is 12.1 Å². The summed E-state index contributed by atoms with van der Waals surface area (Å²) in [5.41, 5.74) is -0.886. The Kier molecular flexibility index (Phi) is 4.57. The van der Waals surface area contributed by atoms with Crippen LogP contribution < -0.4 is 5.32 Å². The Morgan fingerprint density at radius 1 is 1.30 bits per heavy atom. The third-order valence-corrected chi connectivity index (χ3v) is 3.39. The number of carbonyl (C=O) groups is 3. The first-order valence-electron chi connectivity index (χ1n) is 6.67. The molecule has 1 fully saturated rings. The van der Waals surface area contributed by atoms with Crippen LogP contribution in [-0.2, 0) is 22.3 Å². The SMILES string of the molecule is CN(Cc1ccccc1C(F)(F)F)C(=O)CN1C(=O)CNC1=O. The van der Waals surface area contributed by atoms with Gasteiger partial charge >= 0.3 is 12.2 Å². The first-order chi connectivity index (χ1) is 10.7. The van der Waals surface area contributed by atoms with E-state index in [1.165, 1.54) is 25.2 Å². The fourth-order valence-corrected chi connectivity index (χ4v) is 2.15. The van der Waals surface area contributed by atoms with Crippen LogP contribution in [0.1, 0.15) is 11.1 Å². The molecule has 124 valence electrons. The van der Waals surface area contributed by atoms with Crippen molar-refractivity contribution in [3.05, 3.63) is 35.4 Å². The molecule has 0 spiro atoms. The normalized spacial score (nSPS) is 14.9. The van der Waals surface area contributed by atoms with Gasteiger partial charge in [-0.2, -0.15) is 13.2 Å². The number of imide groups is 1. The van der Waals surface area contributed by atoms with Crippen molar-refractivity contribution in [1.82, 2.24) is 15.1 Å². The fourth-order valence-electron chi connectivity index (χ4n) is 2.15. The lowest BCUT2D eigenvalue weighted by molar-refractivity contribution is -0.140. The zero-order valence-electron chi connectivity index (χ0n) is 12.2. The Morgan fingerprint density at radius 2 is 1.96 bits per heavy atom. The number of likely N-dealkylation sites (N-methyl/N-ethyl adjacent to an activating group) is 1. The van der Waals surface area contributed by atoms with E-state index in [9.17, 15) is 27.6 Å². The molecule has 1 heterocycles. The van der Waals surface area contributed by atoms with E-state index in [1.807, 2.05) is 0 Å². The van der Waals surface area contributed by atoms with Crippen LogP contribution in [0, 0.1) is 0 Å². The third-order valence-electron chi connectivity index (χ3n) is 3.39. The summed E-state index contributed by atoms with van der Waals surface area (Å²) in [6.45, 7) is -0.972. The number of rotatable bonds is 4.